The lowest BCUT2D eigenvalue weighted by molar-refractivity contribution is 0.410. The Morgan fingerprint density at radius 3 is 3.00 bits per heavy atom. The molecule has 0 fully saturated rings. The number of thiophene rings is 1. The van der Waals surface area contributed by atoms with E-state index in [1.54, 1.807) is 6.07 Å². The van der Waals surface area contributed by atoms with Gasteiger partial charge in [0.05, 0.1) is 0 Å². The summed E-state index contributed by atoms with van der Waals surface area (Å²) in [5.74, 6) is -0.121. The number of benzene rings is 1. The van der Waals surface area contributed by atoms with E-state index in [1.165, 1.54) is 29.3 Å². The Bertz CT molecular complexity index is 563. The van der Waals surface area contributed by atoms with Gasteiger partial charge in [0.1, 0.15) is 5.82 Å². The largest absolute Gasteiger partial charge is 0.303 e. The molecule has 0 radical (unpaired) electrons. The Kier molecular flexibility index (Phi) is 3.67. The molecule has 3 heteroatoms. The molecule has 2 aromatic rings. The summed E-state index contributed by atoms with van der Waals surface area (Å²) in [6.45, 7) is 2.04. The van der Waals surface area contributed by atoms with E-state index in [4.69, 9.17) is 0 Å². The minimum Gasteiger partial charge on any atom is -0.303 e. The van der Waals surface area contributed by atoms with Crippen LogP contribution in [0.2, 0.25) is 0 Å². The van der Waals surface area contributed by atoms with Crippen molar-refractivity contribution in [2.24, 2.45) is 0 Å². The zero-order chi connectivity index (χ0) is 13.2. The lowest BCUT2D eigenvalue weighted by Crippen LogP contribution is -2.27. The lowest BCUT2D eigenvalue weighted by Gasteiger charge is -2.27. The van der Waals surface area contributed by atoms with E-state index in [2.05, 4.69) is 16.8 Å². The first kappa shape index (κ1) is 12.8. The van der Waals surface area contributed by atoms with E-state index in [0.29, 0.717) is 6.04 Å². The molecular weight excluding hydrogens is 257 g/mol. The summed E-state index contributed by atoms with van der Waals surface area (Å²) in [6.07, 6.45) is 3.55. The number of halogens is 1. The summed E-state index contributed by atoms with van der Waals surface area (Å²) in [7, 11) is 0. The maximum atomic E-state index is 13.8. The standard InChI is InChI=1S/C16H18FNS/c1-11(12-5-2-3-6-14(12)17)18-15-7-4-8-16-13(15)9-10-19-16/h2-3,5-6,9-11,15,18H,4,7-8H2,1H3/t11-,15?/m1/s1. The maximum absolute atomic E-state index is 13.8. The second-order valence-corrected chi connectivity index (χ2v) is 6.15. The number of hydrogen-bond acceptors (Lipinski definition) is 2. The normalized spacial score (nSPS) is 20.0. The van der Waals surface area contributed by atoms with Crippen LogP contribution < -0.4 is 5.32 Å². The van der Waals surface area contributed by atoms with Gasteiger partial charge in [-0.1, -0.05) is 18.2 Å². The van der Waals surface area contributed by atoms with Gasteiger partial charge in [-0.25, -0.2) is 4.39 Å². The summed E-state index contributed by atoms with van der Waals surface area (Å²) in [5.41, 5.74) is 2.17. The lowest BCUT2D eigenvalue weighted by atomic mass is 9.93. The molecule has 1 heterocycles. The molecule has 1 aromatic heterocycles. The van der Waals surface area contributed by atoms with Crippen molar-refractivity contribution in [1.29, 1.82) is 0 Å². The number of rotatable bonds is 3. The quantitative estimate of drug-likeness (QED) is 0.862. The third-order valence-corrected chi connectivity index (χ3v) is 4.87. The van der Waals surface area contributed by atoms with Crippen LogP contribution in [0, 0.1) is 5.82 Å². The Labute approximate surface area is 117 Å². The van der Waals surface area contributed by atoms with Gasteiger partial charge < -0.3 is 5.32 Å². The van der Waals surface area contributed by atoms with Gasteiger partial charge in [0.25, 0.3) is 0 Å². The van der Waals surface area contributed by atoms with Crippen molar-refractivity contribution in [3.8, 4) is 0 Å². The van der Waals surface area contributed by atoms with Crippen LogP contribution in [0.4, 0.5) is 4.39 Å². The van der Waals surface area contributed by atoms with E-state index in [9.17, 15) is 4.39 Å². The van der Waals surface area contributed by atoms with Gasteiger partial charge in [-0.3, -0.25) is 0 Å². The van der Waals surface area contributed by atoms with E-state index < -0.39 is 0 Å². The molecule has 2 atom stereocenters. The third kappa shape index (κ3) is 2.58. The molecule has 100 valence electrons. The van der Waals surface area contributed by atoms with Crippen molar-refractivity contribution in [3.63, 3.8) is 0 Å². The molecule has 1 aliphatic carbocycles. The van der Waals surface area contributed by atoms with Crippen LogP contribution in [0.3, 0.4) is 0 Å². The van der Waals surface area contributed by atoms with Crippen LogP contribution in [0.5, 0.6) is 0 Å². The number of nitrogens with one attached hydrogen (secondary N) is 1. The van der Waals surface area contributed by atoms with Gasteiger partial charge >= 0.3 is 0 Å². The highest BCUT2D eigenvalue weighted by molar-refractivity contribution is 7.10. The van der Waals surface area contributed by atoms with Gasteiger partial charge in [0, 0.05) is 22.5 Å². The highest BCUT2D eigenvalue weighted by Gasteiger charge is 2.23. The van der Waals surface area contributed by atoms with Crippen molar-refractivity contribution < 1.29 is 4.39 Å². The first-order valence-electron chi connectivity index (χ1n) is 6.82. The molecule has 0 spiro atoms. The van der Waals surface area contributed by atoms with Crippen LogP contribution in [0.25, 0.3) is 0 Å². The van der Waals surface area contributed by atoms with Crippen molar-refractivity contribution in [2.75, 3.05) is 0 Å². The van der Waals surface area contributed by atoms with Crippen LogP contribution in [0.15, 0.2) is 35.7 Å². The van der Waals surface area contributed by atoms with Gasteiger partial charge in [-0.15, -0.1) is 11.3 Å². The van der Waals surface area contributed by atoms with Crippen molar-refractivity contribution in [2.45, 2.75) is 38.3 Å². The molecular formula is C16H18FNS. The molecule has 1 aliphatic rings. The summed E-state index contributed by atoms with van der Waals surface area (Å²) in [5, 5.41) is 5.75. The molecule has 0 bridgehead atoms. The summed E-state index contributed by atoms with van der Waals surface area (Å²) < 4.78 is 13.8. The highest BCUT2D eigenvalue weighted by Crippen LogP contribution is 2.34. The predicted molar refractivity (Wildman–Crippen MR) is 77.9 cm³/mol. The minimum absolute atomic E-state index is 0.0389. The molecule has 3 rings (SSSR count). The average Bonchev–Trinajstić information content (AvgIpc) is 2.88. The fourth-order valence-electron chi connectivity index (χ4n) is 2.88. The predicted octanol–water partition coefficient (Wildman–Crippen LogP) is 4.62. The highest BCUT2D eigenvalue weighted by atomic mass is 32.1. The Morgan fingerprint density at radius 1 is 1.32 bits per heavy atom. The maximum Gasteiger partial charge on any atom is 0.127 e. The smallest absolute Gasteiger partial charge is 0.127 e. The topological polar surface area (TPSA) is 12.0 Å². The van der Waals surface area contributed by atoms with Crippen LogP contribution in [-0.2, 0) is 6.42 Å². The molecule has 19 heavy (non-hydrogen) atoms. The third-order valence-electron chi connectivity index (χ3n) is 3.87. The molecule has 0 saturated heterocycles. The number of aryl methyl sites for hydroxylation is 1. The molecule has 1 unspecified atom stereocenters. The SMILES string of the molecule is C[C@@H](NC1CCCc2sccc21)c1ccccc1F. The van der Waals surface area contributed by atoms with Gasteiger partial charge in [-0.05, 0) is 49.3 Å². The molecule has 0 amide bonds. The van der Waals surface area contributed by atoms with E-state index in [-0.39, 0.29) is 11.9 Å². The van der Waals surface area contributed by atoms with Crippen LogP contribution >= 0.6 is 11.3 Å². The first-order valence-corrected chi connectivity index (χ1v) is 7.70. The zero-order valence-electron chi connectivity index (χ0n) is 11.0. The summed E-state index contributed by atoms with van der Waals surface area (Å²) in [4.78, 5) is 1.49. The average molecular weight is 275 g/mol. The second-order valence-electron chi connectivity index (χ2n) is 5.15. The monoisotopic (exact) mass is 275 g/mol. The Balaban J connectivity index is 1.78. The van der Waals surface area contributed by atoms with E-state index >= 15 is 0 Å². The molecule has 0 aliphatic heterocycles. The van der Waals surface area contributed by atoms with Crippen LogP contribution in [-0.4, -0.2) is 0 Å². The fourth-order valence-corrected chi connectivity index (χ4v) is 3.86. The van der Waals surface area contributed by atoms with Gasteiger partial charge in [0.15, 0.2) is 0 Å². The second kappa shape index (κ2) is 5.43. The zero-order valence-corrected chi connectivity index (χ0v) is 11.8. The molecule has 1 nitrogen and oxygen atoms in total. The molecule has 0 saturated carbocycles. The minimum atomic E-state index is -0.121. The van der Waals surface area contributed by atoms with Crippen LogP contribution in [0.1, 0.15) is 47.9 Å². The Hall–Kier alpha value is -1.19. The molecule has 1 aromatic carbocycles. The molecule has 1 N–H and O–H groups in total. The van der Waals surface area contributed by atoms with Crippen molar-refractivity contribution >= 4 is 11.3 Å². The number of fused-ring (bicyclic) bond motifs is 1. The van der Waals surface area contributed by atoms with Gasteiger partial charge in [0.2, 0.25) is 0 Å². The Morgan fingerprint density at radius 2 is 2.16 bits per heavy atom. The first-order chi connectivity index (χ1) is 9.25. The number of hydrogen-bond donors (Lipinski definition) is 1. The van der Waals surface area contributed by atoms with Crippen molar-refractivity contribution in [1.82, 2.24) is 5.32 Å². The van der Waals surface area contributed by atoms with Crippen molar-refractivity contribution in [3.05, 3.63) is 57.5 Å². The summed E-state index contributed by atoms with van der Waals surface area (Å²) >= 11 is 1.84. The van der Waals surface area contributed by atoms with Gasteiger partial charge in [-0.2, -0.15) is 0 Å². The van der Waals surface area contributed by atoms with E-state index in [1.807, 2.05) is 30.4 Å². The summed E-state index contributed by atoms with van der Waals surface area (Å²) in [6, 6.07) is 9.65. The fraction of sp³-hybridized carbons (Fsp3) is 0.375. The van der Waals surface area contributed by atoms with E-state index in [0.717, 1.165) is 12.0 Å².